The quantitative estimate of drug-likeness (QED) is 0.783. The van der Waals surface area contributed by atoms with E-state index < -0.39 is 0 Å². The molecule has 0 N–H and O–H groups in total. The van der Waals surface area contributed by atoms with Gasteiger partial charge in [0.05, 0.1) is 4.91 Å². The molecule has 0 unspecified atom stereocenters. The maximum atomic E-state index is 12.1. The highest BCUT2D eigenvalue weighted by atomic mass is 32.2. The van der Waals surface area contributed by atoms with Crippen LogP contribution >= 0.6 is 23.1 Å². The van der Waals surface area contributed by atoms with Crippen molar-refractivity contribution in [1.29, 1.82) is 0 Å². The minimum atomic E-state index is -0.257. The predicted octanol–water partition coefficient (Wildman–Crippen LogP) is 3.15. The zero-order chi connectivity index (χ0) is 13.8. The van der Waals surface area contributed by atoms with Crippen LogP contribution in [0, 0.1) is 0 Å². The van der Waals surface area contributed by atoms with Crippen molar-refractivity contribution in [2.24, 2.45) is 0 Å². The molecule has 4 nitrogen and oxygen atoms in total. The first-order valence-electron chi connectivity index (χ1n) is 5.86. The Morgan fingerprint density at radius 2 is 2.21 bits per heavy atom. The Morgan fingerprint density at radius 3 is 2.84 bits per heavy atom. The maximum absolute atomic E-state index is 12.1. The smallest absolute Gasteiger partial charge is 0.293 e. The molecule has 1 fully saturated rings. The van der Waals surface area contributed by atoms with Crippen LogP contribution in [0.25, 0.3) is 6.08 Å². The Bertz CT molecular complexity index is 534. The summed E-state index contributed by atoms with van der Waals surface area (Å²) in [6.45, 7) is 1.82. The lowest BCUT2D eigenvalue weighted by molar-refractivity contribution is -0.123. The summed E-state index contributed by atoms with van der Waals surface area (Å²) in [5.41, 5.74) is 0. The fourth-order valence-electron chi connectivity index (χ4n) is 1.68. The van der Waals surface area contributed by atoms with E-state index in [1.54, 1.807) is 6.08 Å². The third-order valence-corrected chi connectivity index (χ3v) is 4.33. The zero-order valence-corrected chi connectivity index (χ0v) is 12.1. The first kappa shape index (κ1) is 14.0. The molecule has 0 spiro atoms. The van der Waals surface area contributed by atoms with Gasteiger partial charge in [0.25, 0.3) is 11.1 Å². The second-order valence-electron chi connectivity index (χ2n) is 4.15. The topological polar surface area (TPSA) is 54.5 Å². The van der Waals surface area contributed by atoms with Crippen molar-refractivity contribution in [3.05, 3.63) is 27.3 Å². The van der Waals surface area contributed by atoms with E-state index in [0.29, 0.717) is 24.3 Å². The summed E-state index contributed by atoms with van der Waals surface area (Å²) >= 11 is 2.48. The van der Waals surface area contributed by atoms with Crippen LogP contribution in [0.3, 0.4) is 0 Å². The van der Waals surface area contributed by atoms with Gasteiger partial charge >= 0.3 is 0 Å². The minimum absolute atomic E-state index is 0.0705. The van der Waals surface area contributed by atoms with Gasteiger partial charge in [0, 0.05) is 17.8 Å². The van der Waals surface area contributed by atoms with E-state index in [1.807, 2.05) is 17.5 Å². The highest BCUT2D eigenvalue weighted by Crippen LogP contribution is 2.33. The molecule has 0 atom stereocenters. The highest BCUT2D eigenvalue weighted by Gasteiger charge is 2.34. The molecule has 1 aliphatic rings. The van der Waals surface area contributed by atoms with Crippen LogP contribution in [-0.4, -0.2) is 28.4 Å². The molecule has 1 aromatic heterocycles. The monoisotopic (exact) mass is 295 g/mol. The second-order valence-corrected chi connectivity index (χ2v) is 6.13. The number of carbonyl (C=O) groups excluding carboxylic acids is 3. The first-order valence-corrected chi connectivity index (χ1v) is 7.56. The average molecular weight is 295 g/mol. The SMILES string of the molecule is CC(=O)CCCN1C(=O)S/C(=C/c2cccs2)C1=O. The molecule has 1 aromatic rings. The zero-order valence-electron chi connectivity index (χ0n) is 10.4. The lowest BCUT2D eigenvalue weighted by atomic mass is 10.2. The minimum Gasteiger partial charge on any atom is -0.300 e. The fraction of sp³-hybridized carbons (Fsp3) is 0.308. The van der Waals surface area contributed by atoms with Crippen molar-refractivity contribution in [3.8, 4) is 0 Å². The van der Waals surface area contributed by atoms with Crippen molar-refractivity contribution >= 4 is 46.1 Å². The normalized spacial score (nSPS) is 17.5. The molecule has 100 valence electrons. The average Bonchev–Trinajstić information content (AvgIpc) is 2.93. The number of rotatable bonds is 5. The number of amides is 2. The van der Waals surface area contributed by atoms with Gasteiger partial charge in [0.1, 0.15) is 5.78 Å². The molecule has 1 saturated heterocycles. The molecular formula is C13H13NO3S2. The summed E-state index contributed by atoms with van der Waals surface area (Å²) in [5.74, 6) is -0.187. The molecule has 0 bridgehead atoms. The summed E-state index contributed by atoms with van der Waals surface area (Å²) in [7, 11) is 0. The van der Waals surface area contributed by atoms with Gasteiger partial charge in [-0.2, -0.15) is 0 Å². The van der Waals surface area contributed by atoms with Crippen LogP contribution in [0.2, 0.25) is 0 Å². The number of nitrogens with zero attached hydrogens (tertiary/aromatic N) is 1. The number of carbonyl (C=O) groups is 3. The van der Waals surface area contributed by atoms with E-state index in [4.69, 9.17) is 0 Å². The van der Waals surface area contributed by atoms with Gasteiger partial charge in [0.2, 0.25) is 0 Å². The Labute approximate surface area is 119 Å². The number of thioether (sulfide) groups is 1. The highest BCUT2D eigenvalue weighted by molar-refractivity contribution is 8.18. The summed E-state index contributed by atoms with van der Waals surface area (Å²) in [6.07, 6.45) is 2.66. The molecule has 0 aromatic carbocycles. The summed E-state index contributed by atoms with van der Waals surface area (Å²) in [5, 5.41) is 1.67. The largest absolute Gasteiger partial charge is 0.300 e. The predicted molar refractivity (Wildman–Crippen MR) is 76.9 cm³/mol. The van der Waals surface area contributed by atoms with Gasteiger partial charge in [-0.1, -0.05) is 6.07 Å². The van der Waals surface area contributed by atoms with Gasteiger partial charge < -0.3 is 4.79 Å². The van der Waals surface area contributed by atoms with Crippen molar-refractivity contribution in [1.82, 2.24) is 4.90 Å². The number of Topliss-reactive ketones (excluding diaryl/α,β-unsaturated/α-hetero) is 1. The second kappa shape index (κ2) is 6.16. The standard InChI is InChI=1S/C13H13NO3S2/c1-9(15)4-2-6-14-12(16)11(19-13(14)17)8-10-5-3-7-18-10/h3,5,7-8H,2,4,6H2,1H3/b11-8+. The molecule has 0 radical (unpaired) electrons. The van der Waals surface area contributed by atoms with Gasteiger partial charge in [-0.25, -0.2) is 0 Å². The number of thiophene rings is 1. The van der Waals surface area contributed by atoms with Crippen molar-refractivity contribution in [2.75, 3.05) is 6.54 Å². The van der Waals surface area contributed by atoms with Gasteiger partial charge in [-0.3, -0.25) is 14.5 Å². The summed E-state index contributed by atoms with van der Waals surface area (Å²) < 4.78 is 0. The molecule has 6 heteroatoms. The molecule has 2 heterocycles. The van der Waals surface area contributed by atoms with E-state index in [0.717, 1.165) is 16.6 Å². The van der Waals surface area contributed by atoms with E-state index in [1.165, 1.54) is 23.2 Å². The van der Waals surface area contributed by atoms with Crippen LogP contribution in [0.1, 0.15) is 24.6 Å². The molecule has 2 rings (SSSR count). The lowest BCUT2D eigenvalue weighted by Crippen LogP contribution is -2.29. The van der Waals surface area contributed by atoms with E-state index in [9.17, 15) is 14.4 Å². The Morgan fingerprint density at radius 1 is 1.42 bits per heavy atom. The fourth-order valence-corrected chi connectivity index (χ4v) is 3.27. The van der Waals surface area contributed by atoms with Crippen LogP contribution < -0.4 is 0 Å². The van der Waals surface area contributed by atoms with Gasteiger partial charge in [0.15, 0.2) is 0 Å². The number of hydrogen-bond donors (Lipinski definition) is 0. The van der Waals surface area contributed by atoms with Crippen LogP contribution in [0.15, 0.2) is 22.4 Å². The lowest BCUT2D eigenvalue weighted by Gasteiger charge is -2.10. The third kappa shape index (κ3) is 3.54. The Kier molecular flexibility index (Phi) is 4.55. The number of hydrogen-bond acceptors (Lipinski definition) is 5. The van der Waals surface area contributed by atoms with E-state index >= 15 is 0 Å². The van der Waals surface area contributed by atoms with Crippen LogP contribution in [0.5, 0.6) is 0 Å². The summed E-state index contributed by atoms with van der Waals surface area (Å²) in [4.78, 5) is 37.3. The van der Waals surface area contributed by atoms with E-state index in [2.05, 4.69) is 0 Å². The molecule has 0 saturated carbocycles. The molecular weight excluding hydrogens is 282 g/mol. The third-order valence-electron chi connectivity index (χ3n) is 2.60. The van der Waals surface area contributed by atoms with Crippen LogP contribution in [-0.2, 0) is 9.59 Å². The Balaban J connectivity index is 2.02. The molecule has 1 aliphatic heterocycles. The van der Waals surface area contributed by atoms with Gasteiger partial charge in [-0.15, -0.1) is 11.3 Å². The molecule has 0 aliphatic carbocycles. The van der Waals surface area contributed by atoms with Crippen molar-refractivity contribution < 1.29 is 14.4 Å². The summed E-state index contributed by atoms with van der Waals surface area (Å²) in [6, 6.07) is 3.79. The first-order chi connectivity index (χ1) is 9.08. The maximum Gasteiger partial charge on any atom is 0.293 e. The number of ketones is 1. The van der Waals surface area contributed by atoms with Crippen molar-refractivity contribution in [2.45, 2.75) is 19.8 Å². The molecule has 2 amide bonds. The number of imide groups is 1. The van der Waals surface area contributed by atoms with Crippen LogP contribution in [0.4, 0.5) is 4.79 Å². The molecule has 19 heavy (non-hydrogen) atoms. The van der Waals surface area contributed by atoms with Crippen molar-refractivity contribution in [3.63, 3.8) is 0 Å². The van der Waals surface area contributed by atoms with E-state index in [-0.39, 0.29) is 16.9 Å². The Hall–Kier alpha value is -1.40. The van der Waals surface area contributed by atoms with Gasteiger partial charge in [-0.05, 0) is 42.6 Å².